The molecule has 2 aliphatic carbocycles. The maximum atomic E-state index is 2.45. The zero-order chi connectivity index (χ0) is 35.7. The van der Waals surface area contributed by atoms with Crippen LogP contribution in [-0.2, 0) is 5.41 Å². The minimum Gasteiger partial charge on any atom is -0.310 e. The molecule has 0 N–H and O–H groups in total. The minimum atomic E-state index is 0.0860. The molecular weight excluding hydrogens is 659 g/mol. The molecule has 2 bridgehead atoms. The zero-order valence-corrected chi connectivity index (χ0v) is 31.7. The zero-order valence-electron chi connectivity index (χ0n) is 30.8. The van der Waals surface area contributed by atoms with E-state index in [4.69, 9.17) is 0 Å². The lowest BCUT2D eigenvalue weighted by Crippen LogP contribution is -2.13. The summed E-state index contributed by atoms with van der Waals surface area (Å²) in [5.74, 6) is 2.45. The first-order valence-corrected chi connectivity index (χ1v) is 20.2. The van der Waals surface area contributed by atoms with Gasteiger partial charge in [0.2, 0.25) is 0 Å². The molecule has 0 aliphatic heterocycles. The number of nitrogens with zero attached hydrogens (tertiary/aromatic N) is 1. The Hall–Kier alpha value is -5.18. The summed E-state index contributed by atoms with van der Waals surface area (Å²) in [6.45, 7) is 6.86. The van der Waals surface area contributed by atoms with Crippen LogP contribution in [-0.4, -0.2) is 0 Å². The van der Waals surface area contributed by atoms with Gasteiger partial charge in [-0.25, -0.2) is 0 Å². The summed E-state index contributed by atoms with van der Waals surface area (Å²) in [6.07, 6.45) is 5.60. The number of anilines is 3. The lowest BCUT2D eigenvalue weighted by molar-refractivity contribution is 0.420. The van der Waals surface area contributed by atoms with E-state index >= 15 is 0 Å². The van der Waals surface area contributed by atoms with E-state index in [1.54, 1.807) is 5.56 Å². The maximum Gasteiger partial charge on any atom is 0.0468 e. The second-order valence-corrected chi connectivity index (χ2v) is 17.6. The van der Waals surface area contributed by atoms with Gasteiger partial charge in [-0.2, -0.15) is 0 Å². The van der Waals surface area contributed by atoms with Crippen LogP contribution in [0.2, 0.25) is 0 Å². The standard InChI is InChI=1S/C51H45NS/c1-51(2,3)37-22-26-39(27-23-37)52(38-24-20-35(21-25-38)42-15-8-11-34-10-4-5-12-41(34)42)40-28-29-48-47(32-40)50-45(16-9-17-49(50)53-48)43-13-6-7-14-44(43)46-31-33-18-19-36(46)30-33/h4-17,20-29,32-33,36,46H,18-19,30-31H2,1-3H3. The highest BCUT2D eigenvalue weighted by Crippen LogP contribution is 2.55. The molecule has 2 saturated carbocycles. The Bertz CT molecular complexity index is 2620. The van der Waals surface area contributed by atoms with Crippen LogP contribution in [0.4, 0.5) is 17.1 Å². The monoisotopic (exact) mass is 703 g/mol. The summed E-state index contributed by atoms with van der Waals surface area (Å²) in [6, 6.07) is 57.1. The second-order valence-electron chi connectivity index (χ2n) is 16.5. The van der Waals surface area contributed by atoms with E-state index in [2.05, 4.69) is 177 Å². The molecule has 7 aromatic carbocycles. The van der Waals surface area contributed by atoms with E-state index in [-0.39, 0.29) is 5.41 Å². The third-order valence-electron chi connectivity index (χ3n) is 12.3. The van der Waals surface area contributed by atoms with Crippen molar-refractivity contribution in [2.24, 2.45) is 11.8 Å². The highest BCUT2D eigenvalue weighted by Gasteiger charge is 2.41. The summed E-state index contributed by atoms with van der Waals surface area (Å²) in [4.78, 5) is 2.44. The molecule has 53 heavy (non-hydrogen) atoms. The molecule has 1 nitrogen and oxygen atoms in total. The van der Waals surface area contributed by atoms with Gasteiger partial charge in [0.25, 0.3) is 0 Å². The van der Waals surface area contributed by atoms with Crippen molar-refractivity contribution < 1.29 is 0 Å². The highest BCUT2D eigenvalue weighted by molar-refractivity contribution is 7.26. The molecule has 0 spiro atoms. The van der Waals surface area contributed by atoms with Gasteiger partial charge in [0.15, 0.2) is 0 Å². The predicted octanol–water partition coefficient (Wildman–Crippen LogP) is 15.2. The van der Waals surface area contributed by atoms with E-state index in [1.165, 1.54) is 90.1 Å². The van der Waals surface area contributed by atoms with Crippen molar-refractivity contribution in [1.29, 1.82) is 0 Å². The smallest absolute Gasteiger partial charge is 0.0468 e. The van der Waals surface area contributed by atoms with Crippen molar-refractivity contribution in [3.8, 4) is 22.3 Å². The van der Waals surface area contributed by atoms with Crippen LogP contribution in [0.3, 0.4) is 0 Å². The molecule has 260 valence electrons. The lowest BCUT2D eigenvalue weighted by atomic mass is 9.80. The average molecular weight is 704 g/mol. The Morgan fingerprint density at radius 1 is 0.547 bits per heavy atom. The lowest BCUT2D eigenvalue weighted by Gasteiger charge is -2.27. The van der Waals surface area contributed by atoms with Crippen LogP contribution >= 0.6 is 11.3 Å². The first-order valence-electron chi connectivity index (χ1n) is 19.4. The largest absolute Gasteiger partial charge is 0.310 e. The molecule has 0 saturated heterocycles. The summed E-state index contributed by atoms with van der Waals surface area (Å²) < 4.78 is 2.70. The van der Waals surface area contributed by atoms with Gasteiger partial charge < -0.3 is 4.90 Å². The highest BCUT2D eigenvalue weighted by atomic mass is 32.1. The number of benzene rings is 7. The molecule has 10 rings (SSSR count). The Balaban J connectivity index is 1.12. The fourth-order valence-electron chi connectivity index (χ4n) is 9.69. The first kappa shape index (κ1) is 32.5. The normalized spacial score (nSPS) is 18.4. The molecule has 3 atom stereocenters. The molecule has 0 radical (unpaired) electrons. The summed E-state index contributed by atoms with van der Waals surface area (Å²) in [5, 5.41) is 5.28. The van der Waals surface area contributed by atoms with Crippen molar-refractivity contribution in [2.75, 3.05) is 4.90 Å². The molecular formula is C51H45NS. The molecule has 0 amide bonds. The van der Waals surface area contributed by atoms with E-state index in [0.717, 1.165) is 23.2 Å². The van der Waals surface area contributed by atoms with Gasteiger partial charge in [-0.15, -0.1) is 11.3 Å². The van der Waals surface area contributed by atoms with Crippen LogP contribution < -0.4 is 4.90 Å². The predicted molar refractivity (Wildman–Crippen MR) is 229 cm³/mol. The third kappa shape index (κ3) is 5.67. The topological polar surface area (TPSA) is 3.24 Å². The van der Waals surface area contributed by atoms with Gasteiger partial charge in [-0.05, 0) is 135 Å². The SMILES string of the molecule is CC(C)(C)c1ccc(N(c2ccc(-c3cccc4ccccc34)cc2)c2ccc3sc4cccc(-c5ccccc5C5CC6CCC5C6)c4c3c2)cc1. The second kappa shape index (κ2) is 12.7. The van der Waals surface area contributed by atoms with Gasteiger partial charge in [-0.1, -0.05) is 130 Å². The number of thiophene rings is 1. The van der Waals surface area contributed by atoms with Gasteiger partial charge >= 0.3 is 0 Å². The van der Waals surface area contributed by atoms with Gasteiger partial charge in [0.1, 0.15) is 0 Å². The fraction of sp³-hybridized carbons (Fsp3) is 0.216. The van der Waals surface area contributed by atoms with Gasteiger partial charge in [0, 0.05) is 37.2 Å². The minimum absolute atomic E-state index is 0.0860. The molecule has 3 unspecified atom stereocenters. The van der Waals surface area contributed by atoms with E-state index in [0.29, 0.717) is 5.92 Å². The molecule has 1 heterocycles. The quantitative estimate of drug-likeness (QED) is 0.167. The van der Waals surface area contributed by atoms with Crippen molar-refractivity contribution in [2.45, 2.75) is 57.8 Å². The third-order valence-corrected chi connectivity index (χ3v) is 13.5. The Labute approximate surface area is 317 Å². The Morgan fingerprint density at radius 3 is 2.00 bits per heavy atom. The number of hydrogen-bond acceptors (Lipinski definition) is 2. The van der Waals surface area contributed by atoms with Crippen LogP contribution in [0.15, 0.2) is 152 Å². The van der Waals surface area contributed by atoms with E-state index in [9.17, 15) is 0 Å². The maximum absolute atomic E-state index is 2.45. The molecule has 2 fully saturated rings. The van der Waals surface area contributed by atoms with Crippen molar-refractivity contribution >= 4 is 59.3 Å². The summed E-state index contributed by atoms with van der Waals surface area (Å²) in [5.41, 5.74) is 11.8. The Morgan fingerprint density at radius 2 is 1.23 bits per heavy atom. The van der Waals surface area contributed by atoms with E-state index < -0.39 is 0 Å². The summed E-state index contributed by atoms with van der Waals surface area (Å²) in [7, 11) is 0. The molecule has 8 aromatic rings. The van der Waals surface area contributed by atoms with Crippen molar-refractivity contribution in [3.63, 3.8) is 0 Å². The summed E-state index contributed by atoms with van der Waals surface area (Å²) >= 11 is 1.92. The van der Waals surface area contributed by atoms with Gasteiger partial charge in [0.05, 0.1) is 0 Å². The molecule has 1 aromatic heterocycles. The van der Waals surface area contributed by atoms with Crippen LogP contribution in [0.5, 0.6) is 0 Å². The molecule has 2 aliphatic rings. The van der Waals surface area contributed by atoms with Crippen LogP contribution in [0.25, 0.3) is 53.2 Å². The van der Waals surface area contributed by atoms with Crippen LogP contribution in [0, 0.1) is 11.8 Å². The van der Waals surface area contributed by atoms with E-state index in [1.807, 2.05) is 11.3 Å². The average Bonchev–Trinajstić information content (AvgIpc) is 3.93. The number of rotatable bonds is 6. The first-order chi connectivity index (χ1) is 25.9. The van der Waals surface area contributed by atoms with Crippen molar-refractivity contribution in [3.05, 3.63) is 163 Å². The molecule has 2 heteroatoms. The fourth-order valence-corrected chi connectivity index (χ4v) is 10.8. The Kier molecular flexibility index (Phi) is 7.81. The van der Waals surface area contributed by atoms with Crippen molar-refractivity contribution in [1.82, 2.24) is 0 Å². The van der Waals surface area contributed by atoms with Gasteiger partial charge in [-0.3, -0.25) is 0 Å². The van der Waals surface area contributed by atoms with Crippen LogP contribution in [0.1, 0.15) is 63.5 Å². The number of hydrogen-bond donors (Lipinski definition) is 0. The number of fused-ring (bicyclic) bond motifs is 6.